The first-order chi connectivity index (χ1) is 12.7. The summed E-state index contributed by atoms with van der Waals surface area (Å²) >= 11 is 0. The summed E-state index contributed by atoms with van der Waals surface area (Å²) in [7, 11) is -3.50. The third-order valence-corrected chi connectivity index (χ3v) is 5.71. The highest BCUT2D eigenvalue weighted by molar-refractivity contribution is 7.80. The van der Waals surface area contributed by atoms with Crippen molar-refractivity contribution < 1.29 is 51.1 Å². The van der Waals surface area contributed by atoms with E-state index in [9.17, 15) is 18.6 Å². The quantitative estimate of drug-likeness (QED) is 0.451. The maximum Gasteiger partial charge on any atom is 0.397 e. The van der Waals surface area contributed by atoms with Crippen LogP contribution in [0.3, 0.4) is 0 Å². The summed E-state index contributed by atoms with van der Waals surface area (Å²) in [6, 6.07) is 0. The SMILES string of the molecule is CCC1O[C@@H](O[C@H]2C3COC2[C@H](OS(=O)(=O)O)[C@@H](OC)O3)C(O)[C@@H](C)[C@H]1O. The molecule has 2 bridgehead atoms. The van der Waals surface area contributed by atoms with Crippen LogP contribution in [0.25, 0.3) is 0 Å². The molecule has 0 spiro atoms. The van der Waals surface area contributed by atoms with Crippen LogP contribution < -0.4 is 0 Å². The van der Waals surface area contributed by atoms with Crippen molar-refractivity contribution in [1.29, 1.82) is 0 Å². The van der Waals surface area contributed by atoms with Gasteiger partial charge in [-0.15, -0.1) is 0 Å². The molecule has 3 aliphatic rings. The molecule has 3 rings (SSSR count). The van der Waals surface area contributed by atoms with Crippen LogP contribution >= 0.6 is 0 Å². The molecule has 0 aliphatic carbocycles. The van der Waals surface area contributed by atoms with E-state index >= 15 is 0 Å². The smallest absolute Gasteiger partial charge is 0.390 e. The van der Waals surface area contributed by atoms with E-state index in [-0.39, 0.29) is 6.61 Å². The Bertz CT molecular complexity index is 611. The van der Waals surface area contributed by atoms with Gasteiger partial charge < -0.3 is 33.9 Å². The molecule has 0 aromatic heterocycles. The zero-order chi connectivity index (χ0) is 19.9. The summed E-state index contributed by atoms with van der Waals surface area (Å²) in [6.07, 6.45) is -7.80. The van der Waals surface area contributed by atoms with Gasteiger partial charge in [-0.2, -0.15) is 8.42 Å². The van der Waals surface area contributed by atoms with Gasteiger partial charge in [0.2, 0.25) is 0 Å². The molecule has 0 saturated carbocycles. The highest BCUT2D eigenvalue weighted by atomic mass is 32.3. The van der Waals surface area contributed by atoms with Crippen molar-refractivity contribution in [3.05, 3.63) is 0 Å². The highest BCUT2D eigenvalue weighted by Gasteiger charge is 2.56. The molecule has 27 heavy (non-hydrogen) atoms. The van der Waals surface area contributed by atoms with E-state index in [1.165, 1.54) is 7.11 Å². The molecule has 12 heteroatoms. The van der Waals surface area contributed by atoms with Crippen LogP contribution in [0.4, 0.5) is 0 Å². The van der Waals surface area contributed by atoms with E-state index < -0.39 is 71.6 Å². The van der Waals surface area contributed by atoms with E-state index in [0.717, 1.165) is 0 Å². The fourth-order valence-electron chi connectivity index (χ4n) is 3.73. The van der Waals surface area contributed by atoms with Gasteiger partial charge in [-0.1, -0.05) is 13.8 Å². The molecule has 4 unspecified atom stereocenters. The Morgan fingerprint density at radius 3 is 2.41 bits per heavy atom. The van der Waals surface area contributed by atoms with E-state index in [1.54, 1.807) is 6.92 Å². The Labute approximate surface area is 157 Å². The molecule has 158 valence electrons. The minimum atomic E-state index is -4.80. The number of methoxy groups -OCH3 is 1. The van der Waals surface area contributed by atoms with Gasteiger partial charge >= 0.3 is 10.4 Å². The molecule has 3 fully saturated rings. The molecule has 0 amide bonds. The van der Waals surface area contributed by atoms with Crippen LogP contribution in [-0.2, 0) is 38.3 Å². The fourth-order valence-corrected chi connectivity index (χ4v) is 4.21. The standard InChI is InChI=1S/C15H26O11S/c1-4-7-9(16)6(2)10(17)14(23-7)25-11-8-5-22-12(11)13(15(21-3)24-8)26-27(18,19)20/h6-17H,4-5H2,1-3H3,(H,18,19,20)/t6-,7?,8?,9+,10?,11-,12?,13-,14-,15-/m0/s1. The molecule has 3 heterocycles. The summed E-state index contributed by atoms with van der Waals surface area (Å²) < 4.78 is 63.9. The number of aliphatic hydroxyl groups excluding tert-OH is 2. The number of rotatable bonds is 6. The second kappa shape index (κ2) is 8.14. The summed E-state index contributed by atoms with van der Waals surface area (Å²) in [4.78, 5) is 0. The summed E-state index contributed by atoms with van der Waals surface area (Å²) in [5.74, 6) is -0.492. The van der Waals surface area contributed by atoms with Gasteiger partial charge in [0, 0.05) is 13.0 Å². The van der Waals surface area contributed by atoms with E-state index in [4.69, 9.17) is 28.2 Å². The summed E-state index contributed by atoms with van der Waals surface area (Å²) in [6.45, 7) is 3.61. The zero-order valence-corrected chi connectivity index (χ0v) is 16.0. The molecular weight excluding hydrogens is 388 g/mol. The number of aliphatic hydroxyl groups is 2. The van der Waals surface area contributed by atoms with E-state index in [0.29, 0.717) is 6.42 Å². The minimum Gasteiger partial charge on any atom is -0.390 e. The molecule has 10 atom stereocenters. The van der Waals surface area contributed by atoms with Crippen molar-refractivity contribution in [2.24, 2.45) is 5.92 Å². The van der Waals surface area contributed by atoms with Crippen LogP contribution in [-0.4, -0.2) is 92.2 Å². The summed E-state index contributed by atoms with van der Waals surface area (Å²) in [5, 5.41) is 20.6. The van der Waals surface area contributed by atoms with E-state index in [1.807, 2.05) is 6.92 Å². The molecule has 0 aromatic carbocycles. The normalized spacial score (nSPS) is 47.9. The first-order valence-corrected chi connectivity index (χ1v) is 10.1. The van der Waals surface area contributed by atoms with Crippen molar-refractivity contribution >= 4 is 10.4 Å². The lowest BCUT2D eigenvalue weighted by atomic mass is 9.89. The van der Waals surface area contributed by atoms with Gasteiger partial charge in [-0.25, -0.2) is 4.18 Å². The molecule has 3 aliphatic heterocycles. The number of fused-ring (bicyclic) bond motifs is 2. The predicted molar refractivity (Wildman–Crippen MR) is 86.8 cm³/mol. The van der Waals surface area contributed by atoms with Crippen molar-refractivity contribution in [3.63, 3.8) is 0 Å². The van der Waals surface area contributed by atoms with Gasteiger partial charge in [0.25, 0.3) is 0 Å². The monoisotopic (exact) mass is 414 g/mol. The second-order valence-corrected chi connectivity index (χ2v) is 8.01. The predicted octanol–water partition coefficient (Wildman–Crippen LogP) is -1.18. The topological polar surface area (TPSA) is 150 Å². The number of ether oxygens (including phenoxy) is 5. The van der Waals surface area contributed by atoms with Crippen molar-refractivity contribution in [2.45, 2.75) is 75.6 Å². The van der Waals surface area contributed by atoms with Gasteiger partial charge in [-0.3, -0.25) is 4.55 Å². The van der Waals surface area contributed by atoms with Gasteiger partial charge in [0.05, 0.1) is 18.8 Å². The van der Waals surface area contributed by atoms with Crippen LogP contribution in [0.5, 0.6) is 0 Å². The van der Waals surface area contributed by atoms with Gasteiger partial charge in [0.15, 0.2) is 18.7 Å². The highest BCUT2D eigenvalue weighted by Crippen LogP contribution is 2.37. The molecule has 0 radical (unpaired) electrons. The Morgan fingerprint density at radius 2 is 1.81 bits per heavy atom. The van der Waals surface area contributed by atoms with Gasteiger partial charge in [-0.05, 0) is 6.42 Å². The maximum absolute atomic E-state index is 11.2. The van der Waals surface area contributed by atoms with Crippen LogP contribution in [0, 0.1) is 5.92 Å². The Kier molecular flexibility index (Phi) is 6.43. The molecule has 3 N–H and O–H groups in total. The third-order valence-electron chi connectivity index (χ3n) is 5.25. The minimum absolute atomic E-state index is 0.0821. The molecular formula is C15H26O11S. The lowest BCUT2D eigenvalue weighted by molar-refractivity contribution is -0.327. The Balaban J connectivity index is 1.76. The molecule has 3 saturated heterocycles. The van der Waals surface area contributed by atoms with Crippen LogP contribution in [0.15, 0.2) is 0 Å². The van der Waals surface area contributed by atoms with Crippen molar-refractivity contribution in [1.82, 2.24) is 0 Å². The Hall–Kier alpha value is -0.410. The first kappa shape index (κ1) is 21.3. The third kappa shape index (κ3) is 4.29. The van der Waals surface area contributed by atoms with Gasteiger partial charge in [0.1, 0.15) is 24.4 Å². The van der Waals surface area contributed by atoms with Crippen molar-refractivity contribution in [3.8, 4) is 0 Å². The van der Waals surface area contributed by atoms with Crippen LogP contribution in [0.1, 0.15) is 20.3 Å². The zero-order valence-electron chi connectivity index (χ0n) is 15.2. The van der Waals surface area contributed by atoms with Crippen LogP contribution in [0.2, 0.25) is 0 Å². The molecule has 11 nitrogen and oxygen atoms in total. The average molecular weight is 414 g/mol. The average Bonchev–Trinajstić information content (AvgIpc) is 2.90. The Morgan fingerprint density at radius 1 is 1.11 bits per heavy atom. The molecule has 0 aromatic rings. The lowest BCUT2D eigenvalue weighted by Gasteiger charge is -2.44. The van der Waals surface area contributed by atoms with Crippen molar-refractivity contribution in [2.75, 3.05) is 13.7 Å². The fraction of sp³-hybridized carbons (Fsp3) is 1.00. The maximum atomic E-state index is 11.2. The number of hydrogen-bond acceptors (Lipinski definition) is 10. The lowest BCUT2D eigenvalue weighted by Crippen LogP contribution is -2.60. The summed E-state index contributed by atoms with van der Waals surface area (Å²) in [5.41, 5.74) is 0. The largest absolute Gasteiger partial charge is 0.397 e. The number of hydrogen-bond donors (Lipinski definition) is 3. The second-order valence-electron chi connectivity index (χ2n) is 6.96. The first-order valence-electron chi connectivity index (χ1n) is 8.78. The van der Waals surface area contributed by atoms with E-state index in [2.05, 4.69) is 4.18 Å².